The van der Waals surface area contributed by atoms with Crippen molar-refractivity contribution in [2.24, 2.45) is 0 Å². The Kier molecular flexibility index (Phi) is 3.57. The van der Waals surface area contributed by atoms with Gasteiger partial charge in [-0.25, -0.2) is 0 Å². The van der Waals surface area contributed by atoms with E-state index < -0.39 is 0 Å². The van der Waals surface area contributed by atoms with Gasteiger partial charge in [-0.15, -0.1) is 0 Å². The Bertz CT molecular complexity index is 541. The highest BCUT2D eigenvalue weighted by Gasteiger charge is 2.13. The highest BCUT2D eigenvalue weighted by Crippen LogP contribution is 2.21. The van der Waals surface area contributed by atoms with Crippen LogP contribution in [0.5, 0.6) is 0 Å². The fourth-order valence-corrected chi connectivity index (χ4v) is 1.85. The van der Waals surface area contributed by atoms with Crippen molar-refractivity contribution in [2.45, 2.75) is 6.54 Å². The molecule has 92 valence electrons. The van der Waals surface area contributed by atoms with Gasteiger partial charge >= 0.3 is 0 Å². The Morgan fingerprint density at radius 2 is 1.67 bits per heavy atom. The smallest absolute Gasteiger partial charge is 0.274 e. The van der Waals surface area contributed by atoms with Crippen molar-refractivity contribution in [3.8, 4) is 0 Å². The summed E-state index contributed by atoms with van der Waals surface area (Å²) in [4.78, 5) is 12.6. The molecule has 2 aromatic rings. The standard InChI is InChI=1S/C14H14N2O2/c1-15(13-8-3-2-4-9-13)11-12-7-5-6-10-14(12)16(17)18/h2-10H,11H2,1H3. The molecular weight excluding hydrogens is 228 g/mol. The molecule has 0 aliphatic heterocycles. The molecule has 0 aliphatic carbocycles. The first-order valence-corrected chi connectivity index (χ1v) is 5.67. The molecule has 0 bridgehead atoms. The number of para-hydroxylation sites is 2. The molecular formula is C14H14N2O2. The minimum atomic E-state index is -0.339. The van der Waals surface area contributed by atoms with Crippen LogP contribution in [0.15, 0.2) is 54.6 Å². The van der Waals surface area contributed by atoms with E-state index in [9.17, 15) is 10.1 Å². The second-order valence-electron chi connectivity index (χ2n) is 4.08. The van der Waals surface area contributed by atoms with Crippen LogP contribution in [0.3, 0.4) is 0 Å². The van der Waals surface area contributed by atoms with Crippen LogP contribution in [0.2, 0.25) is 0 Å². The molecule has 0 spiro atoms. The lowest BCUT2D eigenvalue weighted by Gasteiger charge is -2.19. The van der Waals surface area contributed by atoms with Gasteiger partial charge in [0.15, 0.2) is 0 Å². The van der Waals surface area contributed by atoms with Crippen molar-refractivity contribution in [2.75, 3.05) is 11.9 Å². The van der Waals surface area contributed by atoms with Gasteiger partial charge in [0.25, 0.3) is 5.69 Å². The van der Waals surface area contributed by atoms with Gasteiger partial charge in [0.05, 0.1) is 4.92 Å². The fourth-order valence-electron chi connectivity index (χ4n) is 1.85. The van der Waals surface area contributed by atoms with Gasteiger partial charge < -0.3 is 4.90 Å². The number of anilines is 1. The molecule has 2 rings (SSSR count). The minimum Gasteiger partial charge on any atom is -0.370 e. The number of nitrogens with zero attached hydrogens (tertiary/aromatic N) is 2. The van der Waals surface area contributed by atoms with E-state index in [1.165, 1.54) is 6.07 Å². The highest BCUT2D eigenvalue weighted by molar-refractivity contribution is 5.48. The summed E-state index contributed by atoms with van der Waals surface area (Å²) in [6.07, 6.45) is 0. The van der Waals surface area contributed by atoms with Crippen molar-refractivity contribution in [1.82, 2.24) is 0 Å². The maximum atomic E-state index is 10.9. The number of nitro groups is 1. The third-order valence-corrected chi connectivity index (χ3v) is 2.79. The average molecular weight is 242 g/mol. The molecule has 2 aromatic carbocycles. The zero-order chi connectivity index (χ0) is 13.0. The first kappa shape index (κ1) is 12.1. The lowest BCUT2D eigenvalue weighted by molar-refractivity contribution is -0.385. The monoisotopic (exact) mass is 242 g/mol. The van der Waals surface area contributed by atoms with Gasteiger partial charge in [-0.1, -0.05) is 36.4 Å². The Morgan fingerprint density at radius 1 is 1.06 bits per heavy atom. The number of hydrogen-bond donors (Lipinski definition) is 0. The summed E-state index contributed by atoms with van der Waals surface area (Å²) >= 11 is 0. The lowest BCUT2D eigenvalue weighted by atomic mass is 10.1. The number of nitro benzene ring substituents is 1. The van der Waals surface area contributed by atoms with Crippen molar-refractivity contribution in [1.29, 1.82) is 0 Å². The first-order chi connectivity index (χ1) is 8.68. The van der Waals surface area contributed by atoms with Crippen LogP contribution in [-0.4, -0.2) is 12.0 Å². The number of benzene rings is 2. The van der Waals surface area contributed by atoms with Crippen molar-refractivity contribution in [3.05, 3.63) is 70.3 Å². The Hall–Kier alpha value is -2.36. The maximum Gasteiger partial charge on any atom is 0.274 e. The molecule has 0 saturated heterocycles. The summed E-state index contributed by atoms with van der Waals surface area (Å²) in [7, 11) is 1.92. The van der Waals surface area contributed by atoms with E-state index in [1.54, 1.807) is 12.1 Å². The molecule has 0 N–H and O–H groups in total. The molecule has 0 aliphatic rings. The van der Waals surface area contributed by atoms with Crippen molar-refractivity contribution in [3.63, 3.8) is 0 Å². The van der Waals surface area contributed by atoms with Crippen molar-refractivity contribution >= 4 is 11.4 Å². The molecule has 0 amide bonds. The van der Waals surface area contributed by atoms with Crippen LogP contribution in [0, 0.1) is 10.1 Å². The van der Waals surface area contributed by atoms with E-state index in [0.717, 1.165) is 5.69 Å². The van der Waals surface area contributed by atoms with Gasteiger partial charge in [-0.2, -0.15) is 0 Å². The molecule has 0 heterocycles. The Morgan fingerprint density at radius 3 is 2.33 bits per heavy atom. The molecule has 0 aromatic heterocycles. The van der Waals surface area contributed by atoms with E-state index in [4.69, 9.17) is 0 Å². The largest absolute Gasteiger partial charge is 0.370 e. The molecule has 0 unspecified atom stereocenters. The second kappa shape index (κ2) is 5.31. The Balaban J connectivity index is 2.22. The molecule has 0 fully saturated rings. The molecule has 18 heavy (non-hydrogen) atoms. The summed E-state index contributed by atoms with van der Waals surface area (Å²) < 4.78 is 0. The van der Waals surface area contributed by atoms with Gasteiger partial charge in [-0.05, 0) is 12.1 Å². The van der Waals surface area contributed by atoms with Crippen LogP contribution in [0.4, 0.5) is 11.4 Å². The lowest BCUT2D eigenvalue weighted by Crippen LogP contribution is -2.17. The predicted octanol–water partition coefficient (Wildman–Crippen LogP) is 3.23. The van der Waals surface area contributed by atoms with Crippen LogP contribution < -0.4 is 4.90 Å². The quantitative estimate of drug-likeness (QED) is 0.610. The maximum absolute atomic E-state index is 10.9. The molecule has 0 saturated carbocycles. The number of rotatable bonds is 4. The summed E-state index contributed by atoms with van der Waals surface area (Å²) in [6, 6.07) is 16.6. The predicted molar refractivity (Wildman–Crippen MR) is 71.6 cm³/mol. The summed E-state index contributed by atoms with van der Waals surface area (Å²) in [6.45, 7) is 0.515. The van der Waals surface area contributed by atoms with E-state index in [2.05, 4.69) is 0 Å². The van der Waals surface area contributed by atoms with Crippen LogP contribution in [0.25, 0.3) is 0 Å². The fraction of sp³-hybridized carbons (Fsp3) is 0.143. The topological polar surface area (TPSA) is 46.4 Å². The molecule has 4 nitrogen and oxygen atoms in total. The van der Waals surface area contributed by atoms with E-state index in [-0.39, 0.29) is 10.6 Å². The molecule has 0 radical (unpaired) electrons. The van der Waals surface area contributed by atoms with E-state index >= 15 is 0 Å². The molecule has 0 atom stereocenters. The summed E-state index contributed by atoms with van der Waals surface area (Å²) in [5, 5.41) is 10.9. The van der Waals surface area contributed by atoms with E-state index in [1.807, 2.05) is 48.3 Å². The van der Waals surface area contributed by atoms with Crippen LogP contribution in [0.1, 0.15) is 5.56 Å². The van der Waals surface area contributed by atoms with Gasteiger partial charge in [0.2, 0.25) is 0 Å². The normalized spacial score (nSPS) is 10.1. The van der Waals surface area contributed by atoms with Gasteiger partial charge in [0, 0.05) is 30.9 Å². The summed E-state index contributed by atoms with van der Waals surface area (Å²) in [5.74, 6) is 0. The zero-order valence-electron chi connectivity index (χ0n) is 10.1. The average Bonchev–Trinajstić information content (AvgIpc) is 2.40. The minimum absolute atomic E-state index is 0.167. The molecule has 4 heteroatoms. The Labute approximate surface area is 106 Å². The highest BCUT2D eigenvalue weighted by atomic mass is 16.6. The van der Waals surface area contributed by atoms with E-state index in [0.29, 0.717) is 12.1 Å². The zero-order valence-corrected chi connectivity index (χ0v) is 10.1. The third-order valence-electron chi connectivity index (χ3n) is 2.79. The second-order valence-corrected chi connectivity index (χ2v) is 4.08. The number of hydrogen-bond acceptors (Lipinski definition) is 3. The van der Waals surface area contributed by atoms with Crippen LogP contribution >= 0.6 is 0 Å². The van der Waals surface area contributed by atoms with Gasteiger partial charge in [-0.3, -0.25) is 10.1 Å². The SMILES string of the molecule is CN(Cc1ccccc1[N+](=O)[O-])c1ccccc1. The van der Waals surface area contributed by atoms with Crippen LogP contribution in [-0.2, 0) is 6.54 Å². The summed E-state index contributed by atoms with van der Waals surface area (Å²) in [5.41, 5.74) is 1.92. The van der Waals surface area contributed by atoms with Gasteiger partial charge in [0.1, 0.15) is 0 Å². The van der Waals surface area contributed by atoms with Crippen molar-refractivity contribution < 1.29 is 4.92 Å². The third kappa shape index (κ3) is 2.66. The first-order valence-electron chi connectivity index (χ1n) is 5.67.